The van der Waals surface area contributed by atoms with E-state index in [4.69, 9.17) is 0 Å². The monoisotopic (exact) mass is 196 g/mol. The number of allylic oxidation sites excluding steroid dienone is 1. The first-order valence-electron chi connectivity index (χ1n) is 4.33. The van der Waals surface area contributed by atoms with Gasteiger partial charge in [-0.15, -0.1) is 0 Å². The summed E-state index contributed by atoms with van der Waals surface area (Å²) in [6, 6.07) is 0. The first-order valence-corrected chi connectivity index (χ1v) is 4.33. The fourth-order valence-electron chi connectivity index (χ4n) is 0.961. The number of nitrogens with zero attached hydrogens (tertiary/aromatic N) is 2. The van der Waals surface area contributed by atoms with E-state index >= 15 is 0 Å². The zero-order chi connectivity index (χ0) is 11.3. The maximum atomic E-state index is 11.0. The van der Waals surface area contributed by atoms with Gasteiger partial charge in [-0.3, -0.25) is 14.6 Å². The zero-order valence-corrected chi connectivity index (χ0v) is 9.29. The van der Waals surface area contributed by atoms with Gasteiger partial charge in [0.1, 0.15) is 0 Å². The van der Waals surface area contributed by atoms with Crippen LogP contribution in [0.25, 0.3) is 0 Å². The van der Waals surface area contributed by atoms with E-state index in [1.165, 1.54) is 25.1 Å². The van der Waals surface area contributed by atoms with E-state index in [9.17, 15) is 9.59 Å². The largest absolute Gasteiger partial charge is 0.294 e. The van der Waals surface area contributed by atoms with E-state index in [1.54, 1.807) is 7.05 Å². The maximum absolute atomic E-state index is 11.0. The van der Waals surface area contributed by atoms with Gasteiger partial charge in [0.25, 0.3) is 0 Å². The van der Waals surface area contributed by atoms with E-state index in [1.807, 2.05) is 13.8 Å². The molecule has 14 heavy (non-hydrogen) atoms. The summed E-state index contributed by atoms with van der Waals surface area (Å²) in [6.07, 6.45) is 1.44. The second-order valence-corrected chi connectivity index (χ2v) is 3.28. The number of Topliss-reactive ketones (excluding diaryl/α,β-unsaturated/α-hetero) is 2. The van der Waals surface area contributed by atoms with Crippen LogP contribution in [0.5, 0.6) is 0 Å². The van der Waals surface area contributed by atoms with Crippen LogP contribution in [-0.2, 0) is 9.59 Å². The molecule has 0 spiro atoms. The average molecular weight is 196 g/mol. The Balaban J connectivity index is 4.84. The number of ketones is 2. The molecule has 4 heteroatoms. The number of hydrogen-bond donors (Lipinski definition) is 0. The highest BCUT2D eigenvalue weighted by Gasteiger charge is 2.09. The highest BCUT2D eigenvalue weighted by atomic mass is 16.1. The molecule has 0 rings (SSSR count). The van der Waals surface area contributed by atoms with E-state index in [-0.39, 0.29) is 17.1 Å². The quantitative estimate of drug-likeness (QED) is 0.224. The van der Waals surface area contributed by atoms with Gasteiger partial charge in [0.2, 0.25) is 0 Å². The first kappa shape index (κ1) is 12.6. The van der Waals surface area contributed by atoms with E-state index in [0.29, 0.717) is 0 Å². The molecule has 0 bridgehead atoms. The molecule has 0 amide bonds. The summed E-state index contributed by atoms with van der Waals surface area (Å²) < 4.78 is 0. The van der Waals surface area contributed by atoms with Crippen LogP contribution in [-0.4, -0.2) is 29.3 Å². The fourth-order valence-corrected chi connectivity index (χ4v) is 0.961. The molecule has 0 unspecified atom stereocenters. The summed E-state index contributed by atoms with van der Waals surface area (Å²) in [5.41, 5.74) is 1.02. The number of carbonyl (C=O) groups is 2. The molecule has 0 aliphatic heterocycles. The molecule has 4 nitrogen and oxygen atoms in total. The predicted octanol–water partition coefficient (Wildman–Crippen LogP) is 1.38. The minimum atomic E-state index is -0.242. The molecule has 78 valence electrons. The Bertz CT molecular complexity index is 283. The molecule has 0 fully saturated rings. The van der Waals surface area contributed by atoms with Crippen molar-refractivity contribution in [2.75, 3.05) is 7.05 Å². The van der Waals surface area contributed by atoms with Gasteiger partial charge >= 0.3 is 0 Å². The second-order valence-electron chi connectivity index (χ2n) is 3.28. The van der Waals surface area contributed by atoms with Gasteiger partial charge in [-0.25, -0.2) is 0 Å². The molecule has 0 atom stereocenters. The molecule has 0 N–H and O–H groups in total. The minimum Gasteiger partial charge on any atom is -0.294 e. The third-order valence-corrected chi connectivity index (χ3v) is 1.43. The van der Waals surface area contributed by atoms with E-state index in [2.05, 4.69) is 5.10 Å². The number of hydrogen-bond acceptors (Lipinski definition) is 4. The summed E-state index contributed by atoms with van der Waals surface area (Å²) in [6.45, 7) is 6.41. The Hall–Kier alpha value is -1.45. The number of hydrazone groups is 1. The Kier molecular flexibility index (Phi) is 4.77. The molecule has 0 aliphatic rings. The van der Waals surface area contributed by atoms with Crippen molar-refractivity contribution in [3.05, 3.63) is 11.8 Å². The van der Waals surface area contributed by atoms with Crippen molar-refractivity contribution in [3.63, 3.8) is 0 Å². The minimum absolute atomic E-state index is 0.164. The standard InChI is InChI=1S/C10H16N2O2/c1-7(2)11-12(5)6-10(8(3)13)9(4)14/h6H,1-5H3. The molecule has 0 saturated carbocycles. The molecule has 0 aromatic carbocycles. The Labute approximate surface area is 84.3 Å². The molecule has 0 aromatic rings. The summed E-state index contributed by atoms with van der Waals surface area (Å²) in [7, 11) is 1.68. The number of rotatable bonds is 4. The lowest BCUT2D eigenvalue weighted by Crippen LogP contribution is -2.13. The topological polar surface area (TPSA) is 49.7 Å². The van der Waals surface area contributed by atoms with Gasteiger partial charge in [0, 0.05) is 19.0 Å². The fraction of sp³-hybridized carbons (Fsp3) is 0.500. The van der Waals surface area contributed by atoms with Crippen LogP contribution in [0.2, 0.25) is 0 Å². The highest BCUT2D eigenvalue weighted by Crippen LogP contribution is 2.01. The Morgan fingerprint density at radius 3 is 1.79 bits per heavy atom. The van der Waals surface area contributed by atoms with Crippen molar-refractivity contribution >= 4 is 17.3 Å². The average Bonchev–Trinajstić information content (AvgIpc) is 1.97. The zero-order valence-electron chi connectivity index (χ0n) is 9.29. The SMILES string of the molecule is CC(=O)C(=CN(C)N=C(C)C)C(C)=O. The molecule has 0 saturated heterocycles. The van der Waals surface area contributed by atoms with Crippen LogP contribution in [0.15, 0.2) is 16.9 Å². The second kappa shape index (κ2) is 5.32. The highest BCUT2D eigenvalue weighted by molar-refractivity contribution is 6.18. The number of carbonyl (C=O) groups excluding carboxylic acids is 2. The van der Waals surface area contributed by atoms with Crippen LogP contribution in [0, 0.1) is 0 Å². The van der Waals surface area contributed by atoms with Gasteiger partial charge in [-0.05, 0) is 27.7 Å². The normalized spacial score (nSPS) is 8.93. The van der Waals surface area contributed by atoms with Crippen molar-refractivity contribution in [2.24, 2.45) is 5.10 Å². The summed E-state index contributed by atoms with van der Waals surface area (Å²) >= 11 is 0. The lowest BCUT2D eigenvalue weighted by molar-refractivity contribution is -0.119. The van der Waals surface area contributed by atoms with Gasteiger partial charge in [-0.1, -0.05) is 0 Å². The van der Waals surface area contributed by atoms with Gasteiger partial charge < -0.3 is 0 Å². The van der Waals surface area contributed by atoms with Crippen LogP contribution >= 0.6 is 0 Å². The van der Waals surface area contributed by atoms with Crippen LogP contribution in [0.3, 0.4) is 0 Å². The van der Waals surface area contributed by atoms with Crippen molar-refractivity contribution in [3.8, 4) is 0 Å². The lowest BCUT2D eigenvalue weighted by Gasteiger charge is -2.09. The van der Waals surface area contributed by atoms with Gasteiger partial charge in [-0.2, -0.15) is 5.10 Å². The Morgan fingerprint density at radius 1 is 1.07 bits per heavy atom. The van der Waals surface area contributed by atoms with Crippen LogP contribution in [0.4, 0.5) is 0 Å². The summed E-state index contributed by atoms with van der Waals surface area (Å²) in [4.78, 5) is 22.1. The third kappa shape index (κ3) is 4.54. The van der Waals surface area contributed by atoms with Crippen LogP contribution < -0.4 is 0 Å². The van der Waals surface area contributed by atoms with Crippen LogP contribution in [0.1, 0.15) is 27.7 Å². The van der Waals surface area contributed by atoms with E-state index < -0.39 is 0 Å². The molecule has 0 heterocycles. The smallest absolute Gasteiger partial charge is 0.164 e. The molecular formula is C10H16N2O2. The molecular weight excluding hydrogens is 180 g/mol. The summed E-state index contributed by atoms with van der Waals surface area (Å²) in [5.74, 6) is -0.485. The maximum Gasteiger partial charge on any atom is 0.164 e. The van der Waals surface area contributed by atoms with E-state index in [0.717, 1.165) is 5.71 Å². The van der Waals surface area contributed by atoms with Gasteiger partial charge in [0.15, 0.2) is 11.6 Å². The van der Waals surface area contributed by atoms with Gasteiger partial charge in [0.05, 0.1) is 5.57 Å². The molecule has 0 aromatic heterocycles. The predicted molar refractivity (Wildman–Crippen MR) is 56.0 cm³/mol. The first-order chi connectivity index (χ1) is 6.34. The lowest BCUT2D eigenvalue weighted by atomic mass is 10.1. The summed E-state index contributed by atoms with van der Waals surface area (Å²) in [5, 5.41) is 5.52. The molecule has 0 radical (unpaired) electrons. The van der Waals surface area contributed by atoms with Crippen molar-refractivity contribution in [1.29, 1.82) is 0 Å². The van der Waals surface area contributed by atoms with Crippen molar-refractivity contribution in [1.82, 2.24) is 5.01 Å². The van der Waals surface area contributed by atoms with Crippen molar-refractivity contribution < 1.29 is 9.59 Å². The molecule has 0 aliphatic carbocycles. The van der Waals surface area contributed by atoms with Crippen molar-refractivity contribution in [2.45, 2.75) is 27.7 Å². The Morgan fingerprint density at radius 2 is 1.50 bits per heavy atom. The third-order valence-electron chi connectivity index (χ3n) is 1.43.